The van der Waals surface area contributed by atoms with Gasteiger partial charge in [-0.2, -0.15) is 5.10 Å². The number of hydrogen-bond donors (Lipinski definition) is 0. The van der Waals surface area contributed by atoms with Crippen LogP contribution in [0.1, 0.15) is 55.1 Å². The number of anilines is 1. The minimum atomic E-state index is 0.161. The summed E-state index contributed by atoms with van der Waals surface area (Å²) >= 11 is 0. The molecule has 1 saturated heterocycles. The molecule has 6 nitrogen and oxygen atoms in total. The van der Waals surface area contributed by atoms with Gasteiger partial charge in [-0.15, -0.1) is 0 Å². The second-order valence-corrected chi connectivity index (χ2v) is 8.51. The fourth-order valence-electron chi connectivity index (χ4n) is 4.54. The molecule has 2 aromatic rings. The first-order valence-corrected chi connectivity index (χ1v) is 11.4. The molecule has 0 N–H and O–H groups in total. The average molecular weight is 411 g/mol. The van der Waals surface area contributed by atoms with E-state index in [0.29, 0.717) is 26.0 Å². The third-order valence-corrected chi connectivity index (χ3v) is 6.24. The Balaban J connectivity index is 1.33. The number of aryl methyl sites for hydroxylation is 2. The normalized spacial score (nSPS) is 16.0. The highest BCUT2D eigenvalue weighted by atomic mass is 16.5. The summed E-state index contributed by atoms with van der Waals surface area (Å²) in [7, 11) is 1.89. The van der Waals surface area contributed by atoms with E-state index in [-0.39, 0.29) is 5.91 Å². The molecule has 162 valence electrons. The van der Waals surface area contributed by atoms with Crippen LogP contribution in [0, 0.1) is 0 Å². The Bertz CT molecular complexity index is 853. The van der Waals surface area contributed by atoms with Crippen LogP contribution >= 0.6 is 0 Å². The SMILES string of the molecule is CCCn1nc(CCC(=O)N(C)Cc2ccc(N3CCCC3)cc2)c2c1CCOC2. The molecule has 0 bridgehead atoms. The lowest BCUT2D eigenvalue weighted by Gasteiger charge is -2.20. The summed E-state index contributed by atoms with van der Waals surface area (Å²) < 4.78 is 7.78. The number of amides is 1. The van der Waals surface area contributed by atoms with Gasteiger partial charge in [-0.05, 0) is 37.0 Å². The van der Waals surface area contributed by atoms with Crippen molar-refractivity contribution in [2.75, 3.05) is 31.6 Å². The van der Waals surface area contributed by atoms with E-state index < -0.39 is 0 Å². The zero-order valence-corrected chi connectivity index (χ0v) is 18.4. The maximum absolute atomic E-state index is 12.7. The van der Waals surface area contributed by atoms with Gasteiger partial charge in [-0.3, -0.25) is 9.48 Å². The lowest BCUT2D eigenvalue weighted by Crippen LogP contribution is -2.26. The number of hydrogen-bond acceptors (Lipinski definition) is 4. The summed E-state index contributed by atoms with van der Waals surface area (Å²) in [6, 6.07) is 8.67. The molecule has 0 unspecified atom stereocenters. The van der Waals surface area contributed by atoms with E-state index in [9.17, 15) is 4.79 Å². The Hall–Kier alpha value is -2.34. The molecule has 6 heteroatoms. The molecule has 2 aliphatic heterocycles. The second kappa shape index (κ2) is 9.65. The molecular formula is C24H34N4O2. The number of rotatable bonds is 8. The van der Waals surface area contributed by atoms with Gasteiger partial charge < -0.3 is 14.5 Å². The number of benzene rings is 1. The minimum absolute atomic E-state index is 0.161. The van der Waals surface area contributed by atoms with Crippen molar-refractivity contribution in [3.63, 3.8) is 0 Å². The zero-order valence-electron chi connectivity index (χ0n) is 18.4. The Morgan fingerprint density at radius 2 is 1.97 bits per heavy atom. The summed E-state index contributed by atoms with van der Waals surface area (Å²) in [5, 5.41) is 4.81. The lowest BCUT2D eigenvalue weighted by atomic mass is 10.1. The van der Waals surface area contributed by atoms with Gasteiger partial charge >= 0.3 is 0 Å². The molecule has 1 amide bonds. The second-order valence-electron chi connectivity index (χ2n) is 8.51. The lowest BCUT2D eigenvalue weighted by molar-refractivity contribution is -0.130. The fraction of sp³-hybridized carbons (Fsp3) is 0.583. The van der Waals surface area contributed by atoms with Gasteiger partial charge in [0.1, 0.15) is 0 Å². The molecule has 1 fully saturated rings. The van der Waals surface area contributed by atoms with Gasteiger partial charge in [0.15, 0.2) is 0 Å². The van der Waals surface area contributed by atoms with E-state index >= 15 is 0 Å². The molecule has 0 spiro atoms. The molecule has 0 radical (unpaired) electrons. The molecule has 1 aromatic carbocycles. The Morgan fingerprint density at radius 1 is 1.20 bits per heavy atom. The monoisotopic (exact) mass is 410 g/mol. The van der Waals surface area contributed by atoms with Crippen LogP contribution in [0.15, 0.2) is 24.3 Å². The molecule has 2 aliphatic rings. The highest BCUT2D eigenvalue weighted by Gasteiger charge is 2.22. The van der Waals surface area contributed by atoms with E-state index in [1.807, 2.05) is 11.9 Å². The maximum Gasteiger partial charge on any atom is 0.223 e. The Kier molecular flexibility index (Phi) is 6.72. The first-order valence-electron chi connectivity index (χ1n) is 11.4. The molecule has 3 heterocycles. The number of nitrogens with zero attached hydrogens (tertiary/aromatic N) is 4. The van der Waals surface area contributed by atoms with Crippen molar-refractivity contribution in [3.8, 4) is 0 Å². The Labute approximate surface area is 179 Å². The highest BCUT2D eigenvalue weighted by molar-refractivity contribution is 5.76. The van der Waals surface area contributed by atoms with E-state index in [4.69, 9.17) is 9.84 Å². The first kappa shape index (κ1) is 20.9. The quantitative estimate of drug-likeness (QED) is 0.668. The van der Waals surface area contributed by atoms with Crippen LogP contribution in [0.25, 0.3) is 0 Å². The van der Waals surface area contributed by atoms with Crippen LogP contribution in [0.2, 0.25) is 0 Å². The van der Waals surface area contributed by atoms with Gasteiger partial charge in [0.05, 0.1) is 18.9 Å². The predicted octanol–water partition coefficient (Wildman–Crippen LogP) is 3.56. The van der Waals surface area contributed by atoms with Gasteiger partial charge in [0, 0.05) is 69.4 Å². The molecule has 0 aliphatic carbocycles. The van der Waals surface area contributed by atoms with Crippen molar-refractivity contribution in [2.45, 2.75) is 65.1 Å². The van der Waals surface area contributed by atoms with E-state index in [1.54, 1.807) is 0 Å². The molecular weight excluding hydrogens is 376 g/mol. The average Bonchev–Trinajstić information content (AvgIpc) is 3.42. The smallest absolute Gasteiger partial charge is 0.223 e. The predicted molar refractivity (Wildman–Crippen MR) is 119 cm³/mol. The largest absolute Gasteiger partial charge is 0.376 e. The summed E-state index contributed by atoms with van der Waals surface area (Å²) in [4.78, 5) is 17.0. The standard InChI is InChI=1S/C24H34N4O2/c1-3-13-28-23-12-16-30-18-21(23)22(25-28)10-11-24(29)26(2)17-19-6-8-20(9-7-19)27-14-4-5-15-27/h6-9H,3-5,10-18H2,1-2H3. The maximum atomic E-state index is 12.7. The molecule has 1 aromatic heterocycles. The topological polar surface area (TPSA) is 50.6 Å². The minimum Gasteiger partial charge on any atom is -0.376 e. The molecule has 0 saturated carbocycles. The van der Waals surface area contributed by atoms with E-state index in [0.717, 1.165) is 44.8 Å². The molecule has 4 rings (SSSR count). The van der Waals surface area contributed by atoms with Crippen LogP contribution in [0.3, 0.4) is 0 Å². The fourth-order valence-corrected chi connectivity index (χ4v) is 4.54. The van der Waals surface area contributed by atoms with Crippen LogP contribution in [-0.2, 0) is 42.1 Å². The molecule has 0 atom stereocenters. The number of ether oxygens (including phenoxy) is 1. The number of aromatic nitrogens is 2. The van der Waals surface area contributed by atoms with Gasteiger partial charge in [0.25, 0.3) is 0 Å². The van der Waals surface area contributed by atoms with Crippen molar-refractivity contribution in [1.29, 1.82) is 0 Å². The van der Waals surface area contributed by atoms with Gasteiger partial charge in [0.2, 0.25) is 5.91 Å². The first-order chi connectivity index (χ1) is 14.7. The molecule has 30 heavy (non-hydrogen) atoms. The van der Waals surface area contributed by atoms with Crippen LogP contribution in [0.4, 0.5) is 5.69 Å². The number of carbonyl (C=O) groups excluding carboxylic acids is 1. The third-order valence-electron chi connectivity index (χ3n) is 6.24. The number of fused-ring (bicyclic) bond motifs is 1. The third kappa shape index (κ3) is 4.69. The van der Waals surface area contributed by atoms with Crippen molar-refractivity contribution in [3.05, 3.63) is 46.8 Å². The summed E-state index contributed by atoms with van der Waals surface area (Å²) in [6.45, 7) is 7.44. The van der Waals surface area contributed by atoms with Crippen LogP contribution in [0.5, 0.6) is 0 Å². The van der Waals surface area contributed by atoms with Gasteiger partial charge in [-0.1, -0.05) is 19.1 Å². The Morgan fingerprint density at radius 3 is 2.70 bits per heavy atom. The van der Waals surface area contributed by atoms with Crippen LogP contribution in [-0.4, -0.2) is 47.3 Å². The zero-order chi connectivity index (χ0) is 20.9. The van der Waals surface area contributed by atoms with Crippen molar-refractivity contribution >= 4 is 11.6 Å². The highest BCUT2D eigenvalue weighted by Crippen LogP contribution is 2.23. The summed E-state index contributed by atoms with van der Waals surface area (Å²) in [5.74, 6) is 0.161. The van der Waals surface area contributed by atoms with Crippen molar-refractivity contribution in [1.82, 2.24) is 14.7 Å². The van der Waals surface area contributed by atoms with Crippen molar-refractivity contribution < 1.29 is 9.53 Å². The summed E-state index contributed by atoms with van der Waals surface area (Å²) in [5.41, 5.74) is 6.02. The van der Waals surface area contributed by atoms with Gasteiger partial charge in [-0.25, -0.2) is 0 Å². The van der Waals surface area contributed by atoms with Crippen LogP contribution < -0.4 is 4.90 Å². The number of carbonyl (C=O) groups is 1. The van der Waals surface area contributed by atoms with E-state index in [1.165, 1.54) is 35.3 Å². The van der Waals surface area contributed by atoms with E-state index in [2.05, 4.69) is 40.8 Å². The van der Waals surface area contributed by atoms with Crippen molar-refractivity contribution in [2.24, 2.45) is 0 Å². The summed E-state index contributed by atoms with van der Waals surface area (Å²) in [6.07, 6.45) is 5.71.